The number of hydrogen-bond acceptors (Lipinski definition) is 3. The zero-order valence-corrected chi connectivity index (χ0v) is 12.4. The van der Waals surface area contributed by atoms with Crippen molar-refractivity contribution < 1.29 is 31.8 Å². The molecule has 2 aromatic rings. The van der Waals surface area contributed by atoms with Gasteiger partial charge in [-0.1, -0.05) is 57.2 Å². The van der Waals surface area contributed by atoms with Gasteiger partial charge < -0.3 is 4.55 Å². The monoisotopic (exact) mass is 270 g/mol. The summed E-state index contributed by atoms with van der Waals surface area (Å²) in [5.41, 5.74) is 0.174. The van der Waals surface area contributed by atoms with Crippen molar-refractivity contribution in [3.63, 3.8) is 0 Å². The second kappa shape index (κ2) is 5.30. The maximum absolute atomic E-state index is 11.6. The van der Waals surface area contributed by atoms with E-state index < -0.39 is 15.5 Å². The van der Waals surface area contributed by atoms with Crippen LogP contribution in [0.5, 0.6) is 0 Å². The van der Waals surface area contributed by atoms with Gasteiger partial charge in [0.1, 0.15) is 10.1 Å². The van der Waals surface area contributed by atoms with Crippen molar-refractivity contribution in [2.75, 3.05) is 0 Å². The molecular weight excluding hydrogens is 255 g/mol. The Bertz CT molecular complexity index is 700. The van der Waals surface area contributed by atoms with E-state index in [4.69, 9.17) is 0 Å². The van der Waals surface area contributed by atoms with Gasteiger partial charge in [-0.05, 0) is 21.8 Å². The fourth-order valence-electron chi connectivity index (χ4n) is 2.10. The summed E-state index contributed by atoms with van der Waals surface area (Å²) in [6.45, 7) is 5.68. The van der Waals surface area contributed by atoms with E-state index in [0.29, 0.717) is 10.9 Å². The molecule has 2 rings (SSSR count). The molecule has 3 nitrogen and oxygen atoms in total. The van der Waals surface area contributed by atoms with E-state index in [2.05, 4.69) is 0 Å². The largest absolute Gasteiger partial charge is 1.00 e. The smallest absolute Gasteiger partial charge is 0.744 e. The molecule has 0 aliphatic heterocycles. The molecule has 0 N–H and O–H groups in total. The third-order valence-electron chi connectivity index (χ3n) is 2.94. The van der Waals surface area contributed by atoms with Gasteiger partial charge in [-0.15, -0.1) is 0 Å². The van der Waals surface area contributed by atoms with Crippen molar-refractivity contribution in [2.24, 2.45) is 0 Å². The first-order valence-corrected chi connectivity index (χ1v) is 7.10. The van der Waals surface area contributed by atoms with E-state index in [-0.39, 0.29) is 23.8 Å². The van der Waals surface area contributed by atoms with Gasteiger partial charge in [0, 0.05) is 0 Å². The fourth-order valence-corrected chi connectivity index (χ4v) is 3.20. The first-order valence-electron chi connectivity index (χ1n) is 5.69. The van der Waals surface area contributed by atoms with Crippen molar-refractivity contribution in [3.8, 4) is 0 Å². The quantitative estimate of drug-likeness (QED) is 0.543. The van der Waals surface area contributed by atoms with Crippen LogP contribution in [-0.2, 0) is 15.5 Å². The van der Waals surface area contributed by atoms with E-state index in [1.54, 1.807) is 24.3 Å². The SMILES string of the molecule is CC(C)(C)c1ccc2ccccc2c1S(=O)(=O)[O-].[Li+]. The second-order valence-electron chi connectivity index (χ2n) is 5.37. The van der Waals surface area contributed by atoms with E-state index in [1.807, 2.05) is 32.9 Å². The normalized spacial score (nSPS) is 12.2. The average Bonchev–Trinajstić information content (AvgIpc) is 2.24. The Morgan fingerprint density at radius 3 is 2.11 bits per heavy atom. The summed E-state index contributed by atoms with van der Waals surface area (Å²) in [4.78, 5) is -0.0897. The predicted octanol–water partition coefficient (Wildman–Crippen LogP) is 0.0454. The Morgan fingerprint density at radius 1 is 1.00 bits per heavy atom. The molecule has 0 heterocycles. The molecule has 0 radical (unpaired) electrons. The Morgan fingerprint density at radius 2 is 1.58 bits per heavy atom. The Balaban J connectivity index is 0.00000180. The molecule has 0 saturated carbocycles. The molecule has 0 saturated heterocycles. The third-order valence-corrected chi connectivity index (χ3v) is 3.88. The van der Waals surface area contributed by atoms with Gasteiger partial charge in [0.15, 0.2) is 0 Å². The average molecular weight is 270 g/mol. The Labute approximate surface area is 125 Å². The van der Waals surface area contributed by atoms with Crippen LogP contribution in [0.4, 0.5) is 0 Å². The van der Waals surface area contributed by atoms with Gasteiger partial charge in [-0.2, -0.15) is 0 Å². The molecule has 0 aromatic heterocycles. The molecule has 19 heavy (non-hydrogen) atoms. The van der Waals surface area contributed by atoms with Gasteiger partial charge in [0.2, 0.25) is 0 Å². The third kappa shape index (κ3) is 3.21. The number of benzene rings is 2. The Hall–Kier alpha value is -0.793. The van der Waals surface area contributed by atoms with E-state index >= 15 is 0 Å². The maximum Gasteiger partial charge on any atom is 1.00 e. The minimum absolute atomic E-state index is 0. The first kappa shape index (κ1) is 16.3. The molecule has 0 amide bonds. The summed E-state index contributed by atoms with van der Waals surface area (Å²) in [5, 5.41) is 1.26. The topological polar surface area (TPSA) is 57.2 Å². The van der Waals surface area contributed by atoms with E-state index in [9.17, 15) is 13.0 Å². The molecule has 5 heteroatoms. The summed E-state index contributed by atoms with van der Waals surface area (Å²) in [6.07, 6.45) is 0. The Kier molecular flexibility index (Phi) is 4.54. The van der Waals surface area contributed by atoms with Crippen LogP contribution in [0.3, 0.4) is 0 Å². The molecular formula is C14H15LiO3S. The molecule has 0 bridgehead atoms. The van der Waals surface area contributed by atoms with Crippen LogP contribution in [0.1, 0.15) is 26.3 Å². The van der Waals surface area contributed by atoms with Crippen LogP contribution in [0.2, 0.25) is 0 Å². The van der Waals surface area contributed by atoms with Gasteiger partial charge in [0.05, 0.1) is 4.90 Å². The van der Waals surface area contributed by atoms with E-state index in [1.165, 1.54) is 0 Å². The summed E-state index contributed by atoms with van der Waals surface area (Å²) >= 11 is 0. The van der Waals surface area contributed by atoms with Crippen LogP contribution in [0.25, 0.3) is 10.8 Å². The van der Waals surface area contributed by atoms with Crippen molar-refractivity contribution in [1.82, 2.24) is 0 Å². The molecule has 0 fully saturated rings. The molecule has 0 spiro atoms. The molecule has 96 valence electrons. The number of hydrogen-bond donors (Lipinski definition) is 0. The molecule has 0 unspecified atom stereocenters. The number of fused-ring (bicyclic) bond motifs is 1. The maximum atomic E-state index is 11.6. The minimum Gasteiger partial charge on any atom is -0.744 e. The van der Waals surface area contributed by atoms with Crippen molar-refractivity contribution in [3.05, 3.63) is 42.0 Å². The van der Waals surface area contributed by atoms with Crippen LogP contribution >= 0.6 is 0 Å². The first-order chi connectivity index (χ1) is 8.21. The van der Waals surface area contributed by atoms with Crippen molar-refractivity contribution >= 4 is 20.9 Å². The summed E-state index contributed by atoms with van der Waals surface area (Å²) in [7, 11) is -4.49. The standard InChI is InChI=1S/C14H16O3S.Li/c1-14(2,3)12-9-8-10-6-4-5-7-11(10)13(12)18(15,16)17;/h4-9H,1-3H3,(H,15,16,17);/q;+1/p-1. The van der Waals surface area contributed by atoms with Crippen LogP contribution < -0.4 is 18.9 Å². The minimum atomic E-state index is -4.49. The van der Waals surface area contributed by atoms with Crippen LogP contribution in [-0.4, -0.2) is 13.0 Å². The summed E-state index contributed by atoms with van der Waals surface area (Å²) in [6, 6.07) is 10.6. The summed E-state index contributed by atoms with van der Waals surface area (Å²) in [5.74, 6) is 0. The van der Waals surface area contributed by atoms with Crippen LogP contribution in [0, 0.1) is 0 Å². The number of rotatable bonds is 1. The van der Waals surface area contributed by atoms with Gasteiger partial charge in [-0.25, -0.2) is 8.42 Å². The molecule has 0 atom stereocenters. The molecule has 0 aliphatic carbocycles. The van der Waals surface area contributed by atoms with Crippen molar-refractivity contribution in [1.29, 1.82) is 0 Å². The fraction of sp³-hybridized carbons (Fsp3) is 0.286. The molecule has 2 aromatic carbocycles. The van der Waals surface area contributed by atoms with E-state index in [0.717, 1.165) is 5.39 Å². The van der Waals surface area contributed by atoms with Gasteiger partial charge in [-0.3, -0.25) is 0 Å². The van der Waals surface area contributed by atoms with Gasteiger partial charge in [0.25, 0.3) is 0 Å². The zero-order chi connectivity index (χ0) is 13.6. The van der Waals surface area contributed by atoms with Crippen LogP contribution in [0.15, 0.2) is 41.3 Å². The molecule has 0 aliphatic rings. The van der Waals surface area contributed by atoms with Crippen molar-refractivity contribution in [2.45, 2.75) is 31.1 Å². The zero-order valence-electron chi connectivity index (χ0n) is 11.6. The van der Waals surface area contributed by atoms with Gasteiger partial charge >= 0.3 is 18.9 Å². The second-order valence-corrected chi connectivity index (χ2v) is 6.68. The predicted molar refractivity (Wildman–Crippen MR) is 70.6 cm³/mol. The summed E-state index contributed by atoms with van der Waals surface area (Å²) < 4.78 is 34.7.